The molecule has 0 bridgehead atoms. The molecule has 0 aliphatic carbocycles. The molecule has 0 fully saturated rings. The van der Waals surface area contributed by atoms with Crippen LogP contribution < -0.4 is 15.4 Å². The first-order chi connectivity index (χ1) is 13.0. The Labute approximate surface area is 163 Å². The summed E-state index contributed by atoms with van der Waals surface area (Å²) >= 11 is 5.28. The van der Waals surface area contributed by atoms with Gasteiger partial charge in [-0.15, -0.1) is 0 Å². The Balaban J connectivity index is 1.62. The molecule has 1 heterocycles. The number of nitrogens with zero attached hydrogens (tertiary/aromatic N) is 1. The number of thiocarbonyl (C=S) groups is 1. The largest absolute Gasteiger partial charge is 0.493 e. The van der Waals surface area contributed by atoms with Crippen molar-refractivity contribution in [3.63, 3.8) is 0 Å². The molecule has 0 radical (unpaired) electrons. The third-order valence-electron chi connectivity index (χ3n) is 3.81. The minimum Gasteiger partial charge on any atom is -0.493 e. The van der Waals surface area contributed by atoms with E-state index in [9.17, 15) is 4.79 Å². The summed E-state index contributed by atoms with van der Waals surface area (Å²) in [6.07, 6.45) is 1.72. The molecule has 1 amide bonds. The summed E-state index contributed by atoms with van der Waals surface area (Å²) in [5.74, 6) is 0.902. The number of hydrogen-bond acceptors (Lipinski definition) is 4. The molecule has 0 unspecified atom stereocenters. The highest BCUT2D eigenvalue weighted by Crippen LogP contribution is 2.20. The molecule has 6 heteroatoms. The summed E-state index contributed by atoms with van der Waals surface area (Å²) in [5, 5.41) is 6.95. The van der Waals surface area contributed by atoms with Gasteiger partial charge in [-0.3, -0.25) is 15.1 Å². The predicted molar refractivity (Wildman–Crippen MR) is 112 cm³/mol. The molecule has 1 aromatic heterocycles. The fourth-order valence-corrected chi connectivity index (χ4v) is 2.70. The number of benzene rings is 2. The van der Waals surface area contributed by atoms with Crippen LogP contribution in [0.15, 0.2) is 60.8 Å². The van der Waals surface area contributed by atoms with Crippen molar-refractivity contribution in [2.75, 3.05) is 11.9 Å². The van der Waals surface area contributed by atoms with Crippen molar-refractivity contribution in [3.8, 4) is 5.75 Å². The number of rotatable bonds is 5. The molecule has 0 atom stereocenters. The van der Waals surface area contributed by atoms with Crippen LogP contribution in [0.25, 0.3) is 10.9 Å². The van der Waals surface area contributed by atoms with Gasteiger partial charge in [0.25, 0.3) is 5.91 Å². The number of ether oxygens (including phenoxy) is 1. The van der Waals surface area contributed by atoms with Crippen LogP contribution in [0.2, 0.25) is 0 Å². The highest BCUT2D eigenvalue weighted by atomic mass is 32.1. The lowest BCUT2D eigenvalue weighted by molar-refractivity contribution is 0.0977. The lowest BCUT2D eigenvalue weighted by Gasteiger charge is -2.12. The molecule has 27 heavy (non-hydrogen) atoms. The Bertz CT molecular complexity index is 950. The van der Waals surface area contributed by atoms with E-state index in [2.05, 4.69) is 29.5 Å². The monoisotopic (exact) mass is 379 g/mol. The van der Waals surface area contributed by atoms with E-state index in [1.54, 1.807) is 30.5 Å². The van der Waals surface area contributed by atoms with Gasteiger partial charge in [0.05, 0.1) is 17.8 Å². The third-order valence-corrected chi connectivity index (χ3v) is 4.01. The van der Waals surface area contributed by atoms with Crippen LogP contribution in [-0.4, -0.2) is 22.6 Å². The van der Waals surface area contributed by atoms with E-state index in [4.69, 9.17) is 17.0 Å². The molecule has 0 saturated heterocycles. The summed E-state index contributed by atoms with van der Waals surface area (Å²) in [6, 6.07) is 16.6. The van der Waals surface area contributed by atoms with E-state index in [0.29, 0.717) is 18.1 Å². The number of hydrogen-bond donors (Lipinski definition) is 2. The minimum atomic E-state index is -0.281. The Morgan fingerprint density at radius 2 is 1.85 bits per heavy atom. The minimum absolute atomic E-state index is 0.221. The summed E-state index contributed by atoms with van der Waals surface area (Å²) in [5.41, 5.74) is 2.05. The number of aromatic nitrogens is 1. The molecular weight excluding hydrogens is 358 g/mol. The second kappa shape index (κ2) is 8.60. The standard InChI is InChI=1S/C21H21N3O2S/c1-14(2)13-26-17-10-8-16(9-11-17)20(25)24-21(27)23-18-7-3-5-15-6-4-12-22-19(15)18/h3-12,14H,13H2,1-2H3,(H2,23,24,25,27). The van der Waals surface area contributed by atoms with Gasteiger partial charge in [0.15, 0.2) is 5.11 Å². The molecule has 3 rings (SSSR count). The molecule has 2 N–H and O–H groups in total. The van der Waals surface area contributed by atoms with Gasteiger partial charge in [-0.2, -0.15) is 0 Å². The average molecular weight is 379 g/mol. The number of amides is 1. The van der Waals surface area contributed by atoms with Crippen molar-refractivity contribution < 1.29 is 9.53 Å². The van der Waals surface area contributed by atoms with E-state index < -0.39 is 0 Å². The van der Waals surface area contributed by atoms with Gasteiger partial charge in [0, 0.05) is 17.1 Å². The van der Waals surface area contributed by atoms with Gasteiger partial charge in [-0.25, -0.2) is 0 Å². The van der Waals surface area contributed by atoms with Crippen molar-refractivity contribution in [1.29, 1.82) is 0 Å². The SMILES string of the molecule is CC(C)COc1ccc(C(=O)NC(=S)Nc2cccc3cccnc23)cc1. The molecule has 0 aliphatic heterocycles. The highest BCUT2D eigenvalue weighted by molar-refractivity contribution is 7.80. The molecule has 2 aromatic carbocycles. The molecule has 3 aromatic rings. The Morgan fingerprint density at radius 3 is 2.59 bits per heavy atom. The molecular formula is C21H21N3O2S. The van der Waals surface area contributed by atoms with Gasteiger partial charge in [-0.05, 0) is 54.5 Å². The van der Waals surface area contributed by atoms with E-state index in [1.165, 1.54) is 0 Å². The summed E-state index contributed by atoms with van der Waals surface area (Å²) in [4.78, 5) is 16.8. The number of nitrogens with one attached hydrogen (secondary N) is 2. The number of carbonyl (C=O) groups excluding carboxylic acids is 1. The second-order valence-electron chi connectivity index (χ2n) is 6.52. The van der Waals surface area contributed by atoms with E-state index in [1.807, 2.05) is 30.3 Å². The second-order valence-corrected chi connectivity index (χ2v) is 6.93. The predicted octanol–water partition coefficient (Wildman–Crippen LogP) is 4.40. The molecule has 0 spiro atoms. The third kappa shape index (κ3) is 5.01. The highest BCUT2D eigenvalue weighted by Gasteiger charge is 2.10. The van der Waals surface area contributed by atoms with Crippen molar-refractivity contribution in [2.24, 2.45) is 5.92 Å². The van der Waals surface area contributed by atoms with Gasteiger partial charge in [-0.1, -0.05) is 32.0 Å². The van der Waals surface area contributed by atoms with Crippen LogP contribution in [0, 0.1) is 5.92 Å². The van der Waals surface area contributed by atoms with Crippen LogP contribution >= 0.6 is 12.2 Å². The first-order valence-corrected chi connectivity index (χ1v) is 9.12. The lowest BCUT2D eigenvalue weighted by Crippen LogP contribution is -2.34. The maximum atomic E-state index is 12.4. The van der Waals surface area contributed by atoms with E-state index in [0.717, 1.165) is 22.3 Å². The van der Waals surface area contributed by atoms with Crippen molar-refractivity contribution in [1.82, 2.24) is 10.3 Å². The summed E-state index contributed by atoms with van der Waals surface area (Å²) in [6.45, 7) is 4.81. The lowest BCUT2D eigenvalue weighted by atomic mass is 10.2. The van der Waals surface area contributed by atoms with Gasteiger partial charge >= 0.3 is 0 Å². The van der Waals surface area contributed by atoms with Gasteiger partial charge in [0.2, 0.25) is 0 Å². The zero-order valence-electron chi connectivity index (χ0n) is 15.2. The maximum Gasteiger partial charge on any atom is 0.257 e. The average Bonchev–Trinajstić information content (AvgIpc) is 2.67. The smallest absolute Gasteiger partial charge is 0.257 e. The Morgan fingerprint density at radius 1 is 1.11 bits per heavy atom. The molecule has 0 saturated carbocycles. The van der Waals surface area contributed by atoms with Crippen LogP contribution in [-0.2, 0) is 0 Å². The fraction of sp³-hybridized carbons (Fsp3) is 0.190. The number of para-hydroxylation sites is 1. The Hall–Kier alpha value is -2.99. The first kappa shape index (κ1) is 18.8. The van der Waals surface area contributed by atoms with E-state index in [-0.39, 0.29) is 11.0 Å². The first-order valence-electron chi connectivity index (χ1n) is 8.72. The van der Waals surface area contributed by atoms with Crippen molar-refractivity contribution in [3.05, 3.63) is 66.4 Å². The summed E-state index contributed by atoms with van der Waals surface area (Å²) in [7, 11) is 0. The number of fused-ring (bicyclic) bond motifs is 1. The van der Waals surface area contributed by atoms with Gasteiger partial charge in [0.1, 0.15) is 5.75 Å². The molecule has 138 valence electrons. The topological polar surface area (TPSA) is 63.2 Å². The quantitative estimate of drug-likeness (QED) is 0.644. The van der Waals surface area contributed by atoms with Crippen LogP contribution in [0.3, 0.4) is 0 Å². The van der Waals surface area contributed by atoms with Crippen LogP contribution in [0.5, 0.6) is 5.75 Å². The van der Waals surface area contributed by atoms with Crippen molar-refractivity contribution >= 4 is 39.8 Å². The zero-order valence-corrected chi connectivity index (χ0v) is 16.0. The normalized spacial score (nSPS) is 10.6. The molecule has 0 aliphatic rings. The molecule has 5 nitrogen and oxygen atoms in total. The zero-order chi connectivity index (χ0) is 19.2. The number of carbonyl (C=O) groups is 1. The maximum absolute atomic E-state index is 12.4. The van der Waals surface area contributed by atoms with E-state index >= 15 is 0 Å². The van der Waals surface area contributed by atoms with Crippen LogP contribution in [0.4, 0.5) is 5.69 Å². The van der Waals surface area contributed by atoms with Gasteiger partial charge < -0.3 is 10.1 Å². The van der Waals surface area contributed by atoms with Crippen molar-refractivity contribution in [2.45, 2.75) is 13.8 Å². The fourth-order valence-electron chi connectivity index (χ4n) is 2.50. The number of anilines is 1. The van der Waals surface area contributed by atoms with Crippen LogP contribution in [0.1, 0.15) is 24.2 Å². The number of pyridine rings is 1. The Kier molecular flexibility index (Phi) is 5.98. The summed E-state index contributed by atoms with van der Waals surface area (Å²) < 4.78 is 5.63.